The van der Waals surface area contributed by atoms with Gasteiger partial charge in [0, 0.05) is 18.4 Å². The highest BCUT2D eigenvalue weighted by Gasteiger charge is 2.87. The number of benzene rings is 1. The van der Waals surface area contributed by atoms with Crippen molar-refractivity contribution < 1.29 is 9.84 Å². The Labute approximate surface area is 169 Å². The van der Waals surface area contributed by atoms with Crippen LogP contribution in [-0.4, -0.2) is 42.4 Å². The zero-order chi connectivity index (χ0) is 18.9. The third-order valence-corrected chi connectivity index (χ3v) is 9.66. The lowest BCUT2D eigenvalue weighted by Gasteiger charge is -2.91. The van der Waals surface area contributed by atoms with Gasteiger partial charge in [-0.2, -0.15) is 0 Å². The first-order valence-electron chi connectivity index (χ1n) is 11.8. The Morgan fingerprint density at radius 2 is 1.75 bits per heavy atom. The molecule has 1 aromatic carbocycles. The molecule has 3 atom stereocenters. The summed E-state index contributed by atoms with van der Waals surface area (Å²) in [5, 5.41) is 10.3. The van der Waals surface area contributed by atoms with Crippen LogP contribution in [0.15, 0.2) is 24.3 Å². The quantitative estimate of drug-likeness (QED) is 0.767. The molecule has 4 aliphatic carbocycles. The van der Waals surface area contributed by atoms with Crippen molar-refractivity contribution in [3.8, 4) is 5.75 Å². The highest BCUT2D eigenvalue weighted by molar-refractivity contribution is 5.48. The summed E-state index contributed by atoms with van der Waals surface area (Å²) in [6.07, 6.45) is 8.91. The molecule has 6 rings (SSSR count). The van der Waals surface area contributed by atoms with Crippen molar-refractivity contribution in [3.63, 3.8) is 0 Å². The Kier molecular flexibility index (Phi) is 3.95. The van der Waals surface area contributed by atoms with E-state index in [0.717, 1.165) is 54.5 Å². The smallest absolute Gasteiger partial charge is 0.119 e. The molecule has 3 heteroatoms. The first kappa shape index (κ1) is 17.8. The molecule has 3 nitrogen and oxygen atoms in total. The molecule has 5 fully saturated rings. The lowest BCUT2D eigenvalue weighted by molar-refractivity contribution is -0.395. The van der Waals surface area contributed by atoms with Crippen molar-refractivity contribution >= 4 is 0 Å². The van der Waals surface area contributed by atoms with Crippen LogP contribution in [0.5, 0.6) is 5.75 Å². The van der Waals surface area contributed by atoms with Gasteiger partial charge in [-0.15, -0.1) is 0 Å². The zero-order valence-electron chi connectivity index (χ0n) is 17.3. The molecule has 28 heavy (non-hydrogen) atoms. The van der Waals surface area contributed by atoms with Crippen molar-refractivity contribution in [1.82, 2.24) is 4.90 Å². The van der Waals surface area contributed by atoms with Crippen LogP contribution in [0, 0.1) is 29.1 Å². The number of likely N-dealkylation sites (tertiary alicyclic amines) is 1. The minimum atomic E-state index is -0.279. The fourth-order valence-electron chi connectivity index (χ4n) is 8.24. The Balaban J connectivity index is 0.989. The standard InChI is InChI=1S/C25H35NO2/c1-17-6-9-26(10-7-17)16-22(27)8-11-28-23-4-2-18(3-5-23)24-14-20-12-19-13-21(15-24)25(19,20)24/h2-5,17,19-22,27H,6-16H2,1H3. The molecule has 3 unspecified atom stereocenters. The van der Waals surface area contributed by atoms with Gasteiger partial charge in [0.05, 0.1) is 12.7 Å². The van der Waals surface area contributed by atoms with Crippen molar-refractivity contribution in [2.24, 2.45) is 29.1 Å². The van der Waals surface area contributed by atoms with E-state index in [4.69, 9.17) is 4.74 Å². The van der Waals surface area contributed by atoms with Crippen LogP contribution in [0.4, 0.5) is 0 Å². The first-order chi connectivity index (χ1) is 13.6. The van der Waals surface area contributed by atoms with E-state index >= 15 is 0 Å². The lowest BCUT2D eigenvalue weighted by Crippen LogP contribution is -2.87. The second-order valence-corrected chi connectivity index (χ2v) is 10.8. The molecule has 1 saturated heterocycles. The summed E-state index contributed by atoms with van der Waals surface area (Å²) in [4.78, 5) is 2.41. The third kappa shape index (κ3) is 2.24. The summed E-state index contributed by atoms with van der Waals surface area (Å²) in [5.41, 5.74) is 2.88. The van der Waals surface area contributed by atoms with Crippen LogP contribution in [0.2, 0.25) is 0 Å². The number of piperidine rings is 1. The summed E-state index contributed by atoms with van der Waals surface area (Å²) in [5.74, 6) is 4.98. The molecule has 152 valence electrons. The molecule has 1 spiro atoms. The molecule has 1 aromatic rings. The molecule has 0 bridgehead atoms. The van der Waals surface area contributed by atoms with Crippen LogP contribution in [0.1, 0.15) is 57.4 Å². The molecule has 1 aliphatic heterocycles. The Bertz CT molecular complexity index is 710. The number of hydrogen-bond acceptors (Lipinski definition) is 3. The van der Waals surface area contributed by atoms with E-state index < -0.39 is 0 Å². The molecular weight excluding hydrogens is 346 g/mol. The number of β-amino-alcohol motifs (C(OH)–C–C–N with tert-alkyl or cyclic N) is 1. The fourth-order valence-corrected chi connectivity index (χ4v) is 8.24. The van der Waals surface area contributed by atoms with Gasteiger partial charge in [0.25, 0.3) is 0 Å². The molecule has 5 aliphatic rings. The second-order valence-electron chi connectivity index (χ2n) is 10.8. The third-order valence-electron chi connectivity index (χ3n) is 9.66. The van der Waals surface area contributed by atoms with Gasteiger partial charge in [0.15, 0.2) is 0 Å². The van der Waals surface area contributed by atoms with E-state index in [1.807, 2.05) is 0 Å². The van der Waals surface area contributed by atoms with Crippen molar-refractivity contribution in [2.75, 3.05) is 26.2 Å². The van der Waals surface area contributed by atoms with E-state index in [0.29, 0.717) is 18.4 Å². The van der Waals surface area contributed by atoms with Gasteiger partial charge in [0.1, 0.15) is 5.75 Å². The van der Waals surface area contributed by atoms with E-state index in [9.17, 15) is 5.11 Å². The highest BCUT2D eigenvalue weighted by atomic mass is 16.5. The molecule has 1 N–H and O–H groups in total. The molecule has 0 radical (unpaired) electrons. The van der Waals surface area contributed by atoms with Gasteiger partial charge < -0.3 is 14.7 Å². The summed E-state index contributed by atoms with van der Waals surface area (Å²) in [6, 6.07) is 9.03. The van der Waals surface area contributed by atoms with Crippen molar-refractivity contribution in [2.45, 2.75) is 63.4 Å². The number of aliphatic hydroxyl groups excluding tert-OH is 1. The summed E-state index contributed by atoms with van der Waals surface area (Å²) in [6.45, 7) is 5.99. The van der Waals surface area contributed by atoms with Crippen LogP contribution >= 0.6 is 0 Å². The molecule has 4 saturated carbocycles. The summed E-state index contributed by atoms with van der Waals surface area (Å²) in [7, 11) is 0. The number of aliphatic hydroxyl groups is 1. The van der Waals surface area contributed by atoms with E-state index in [-0.39, 0.29) is 6.10 Å². The van der Waals surface area contributed by atoms with Crippen LogP contribution in [-0.2, 0) is 5.41 Å². The maximum Gasteiger partial charge on any atom is 0.119 e. The highest BCUT2D eigenvalue weighted by Crippen LogP contribution is 2.92. The Morgan fingerprint density at radius 3 is 2.36 bits per heavy atom. The minimum Gasteiger partial charge on any atom is -0.493 e. The predicted octanol–water partition coefficient (Wildman–Crippen LogP) is 4.24. The van der Waals surface area contributed by atoms with Crippen LogP contribution in [0.3, 0.4) is 0 Å². The molecule has 0 amide bonds. The first-order valence-corrected chi connectivity index (χ1v) is 11.8. The number of hydrogen-bond donors (Lipinski definition) is 1. The molecule has 1 heterocycles. The van der Waals surface area contributed by atoms with Crippen molar-refractivity contribution in [3.05, 3.63) is 29.8 Å². The Morgan fingerprint density at radius 1 is 1.07 bits per heavy atom. The van der Waals surface area contributed by atoms with Gasteiger partial charge in [0.2, 0.25) is 0 Å². The monoisotopic (exact) mass is 381 g/mol. The van der Waals surface area contributed by atoms with E-state index in [2.05, 4.69) is 36.1 Å². The number of ether oxygens (including phenoxy) is 1. The molecule has 0 aromatic heterocycles. The van der Waals surface area contributed by atoms with Crippen molar-refractivity contribution in [1.29, 1.82) is 0 Å². The number of rotatable bonds is 7. The number of nitrogens with zero attached hydrogens (tertiary/aromatic N) is 1. The maximum absolute atomic E-state index is 10.3. The zero-order valence-corrected chi connectivity index (χ0v) is 17.3. The van der Waals surface area contributed by atoms with Gasteiger partial charge >= 0.3 is 0 Å². The Hall–Kier alpha value is -1.06. The van der Waals surface area contributed by atoms with Gasteiger partial charge in [-0.25, -0.2) is 0 Å². The van der Waals surface area contributed by atoms with E-state index in [1.54, 1.807) is 5.56 Å². The normalized spacial score (nSPS) is 42.1. The topological polar surface area (TPSA) is 32.7 Å². The van der Waals surface area contributed by atoms with Gasteiger partial charge in [-0.1, -0.05) is 19.1 Å². The average molecular weight is 382 g/mol. The largest absolute Gasteiger partial charge is 0.493 e. The summed E-state index contributed by atoms with van der Waals surface area (Å²) < 4.78 is 5.96. The second kappa shape index (κ2) is 6.22. The van der Waals surface area contributed by atoms with Gasteiger partial charge in [-0.3, -0.25) is 0 Å². The van der Waals surface area contributed by atoms with Crippen LogP contribution in [0.25, 0.3) is 0 Å². The van der Waals surface area contributed by atoms with E-state index in [1.165, 1.54) is 38.5 Å². The van der Waals surface area contributed by atoms with Gasteiger partial charge in [-0.05, 0) is 98.4 Å². The minimum absolute atomic E-state index is 0.279. The lowest BCUT2D eigenvalue weighted by atomic mass is 9.12. The van der Waals surface area contributed by atoms with Crippen LogP contribution < -0.4 is 4.74 Å². The molecular formula is C25H35NO2. The summed E-state index contributed by atoms with van der Waals surface area (Å²) >= 11 is 0. The predicted molar refractivity (Wildman–Crippen MR) is 110 cm³/mol. The fraction of sp³-hybridized carbons (Fsp3) is 0.760. The maximum atomic E-state index is 10.3. The average Bonchev–Trinajstić information content (AvgIpc) is 2.62. The SMILES string of the molecule is CC1CCN(CC(O)CCOc2ccc(C34CC5CC6CC(C3)C654)cc2)CC1.